The second-order valence-corrected chi connectivity index (χ2v) is 14.0. The molecule has 0 aromatic carbocycles. The number of hydrogen-bond acceptors (Lipinski definition) is 5. The number of rotatable bonds is 9. The van der Waals surface area contributed by atoms with Crippen LogP contribution in [0, 0.1) is 5.92 Å². The van der Waals surface area contributed by atoms with Crippen molar-refractivity contribution < 1.29 is 18.2 Å². The Labute approximate surface area is 152 Å². The Hall–Kier alpha value is 0.512. The first kappa shape index (κ1) is 22.6. The van der Waals surface area contributed by atoms with Crippen LogP contribution < -0.4 is 0 Å². The summed E-state index contributed by atoms with van der Waals surface area (Å²) >= 11 is 0. The molecule has 1 fully saturated rings. The second kappa shape index (κ2) is 9.45. The lowest BCUT2D eigenvalue weighted by molar-refractivity contribution is 0.00373. The van der Waals surface area contributed by atoms with E-state index in [2.05, 4.69) is 58.9 Å². The molecule has 5 nitrogen and oxygen atoms in total. The van der Waals surface area contributed by atoms with Crippen molar-refractivity contribution in [1.82, 2.24) is 4.67 Å². The Balaban J connectivity index is 2.85. The summed E-state index contributed by atoms with van der Waals surface area (Å²) in [5.74, 6) is 0.0987. The quantitative estimate of drug-likeness (QED) is 0.454. The van der Waals surface area contributed by atoms with E-state index < -0.39 is 16.8 Å². The van der Waals surface area contributed by atoms with E-state index in [0.29, 0.717) is 18.7 Å². The van der Waals surface area contributed by atoms with Crippen molar-refractivity contribution in [2.45, 2.75) is 84.6 Å². The van der Waals surface area contributed by atoms with Crippen LogP contribution in [0.5, 0.6) is 0 Å². The third-order valence-electron chi connectivity index (χ3n) is 4.03. The Morgan fingerprint density at radius 1 is 1.17 bits per heavy atom. The summed E-state index contributed by atoms with van der Waals surface area (Å²) in [4.78, 5) is 0. The number of nitrogens with zero attached hydrogens (tertiary/aromatic N) is 1. The van der Waals surface area contributed by atoms with Gasteiger partial charge >= 0.3 is 0 Å². The highest BCUT2D eigenvalue weighted by Crippen LogP contribution is 2.49. The van der Waals surface area contributed by atoms with E-state index in [4.69, 9.17) is 26.1 Å². The molecule has 140 valence electrons. The maximum atomic E-state index is 6.40. The Morgan fingerprint density at radius 3 is 2.12 bits per heavy atom. The van der Waals surface area contributed by atoms with E-state index in [1.807, 2.05) is 0 Å². The molecule has 0 bridgehead atoms. The molecular formula is C16H35BNO4PSi. The van der Waals surface area contributed by atoms with Crippen molar-refractivity contribution in [3.63, 3.8) is 0 Å². The zero-order chi connectivity index (χ0) is 18.7. The highest BCUT2D eigenvalue weighted by molar-refractivity contribution is 7.44. The molecule has 0 aromatic rings. The van der Waals surface area contributed by atoms with Gasteiger partial charge in [-0.15, -0.1) is 0 Å². The number of ether oxygens (including phenoxy) is 1. The van der Waals surface area contributed by atoms with E-state index >= 15 is 0 Å². The lowest BCUT2D eigenvalue weighted by atomic mass is 9.86. The topological polar surface area (TPSA) is 40.2 Å². The van der Waals surface area contributed by atoms with Gasteiger partial charge in [0.2, 0.25) is 0 Å². The molecule has 1 saturated heterocycles. The van der Waals surface area contributed by atoms with Gasteiger partial charge in [0.15, 0.2) is 8.32 Å². The number of hydrogen-bond donors (Lipinski definition) is 0. The second-order valence-electron chi connectivity index (χ2n) is 7.98. The molecule has 8 heteroatoms. The zero-order valence-corrected chi connectivity index (χ0v) is 18.7. The van der Waals surface area contributed by atoms with E-state index in [9.17, 15) is 0 Å². The third-order valence-corrected chi connectivity index (χ3v) is 7.10. The first-order chi connectivity index (χ1) is 11.0. The molecule has 1 aliphatic rings. The Bertz CT molecular complexity index is 376. The largest absolute Gasteiger partial charge is 0.415 e. The molecule has 24 heavy (non-hydrogen) atoms. The molecule has 1 aliphatic heterocycles. The van der Waals surface area contributed by atoms with Crippen LogP contribution in [0.2, 0.25) is 19.6 Å². The minimum atomic E-state index is -1.62. The van der Waals surface area contributed by atoms with E-state index in [1.165, 1.54) is 0 Å². The van der Waals surface area contributed by atoms with Crippen molar-refractivity contribution in [3.05, 3.63) is 0 Å². The van der Waals surface area contributed by atoms with Crippen LogP contribution in [0.25, 0.3) is 0 Å². The summed E-state index contributed by atoms with van der Waals surface area (Å²) in [6.07, 6.45) is -0.273. The SMILES string of the molecule is [B][C@@H]1O[C@H](CO[Si](C)(C)C)[C@H](OP(OC)N(C(C)C)C(C)C)C1C. The first-order valence-corrected chi connectivity index (χ1v) is 13.4. The lowest BCUT2D eigenvalue weighted by Crippen LogP contribution is -2.39. The molecule has 0 aromatic heterocycles. The Morgan fingerprint density at radius 2 is 1.71 bits per heavy atom. The van der Waals surface area contributed by atoms with Crippen molar-refractivity contribution in [2.75, 3.05) is 13.7 Å². The minimum absolute atomic E-state index is 0.0987. The van der Waals surface area contributed by atoms with Crippen LogP contribution in [0.15, 0.2) is 0 Å². The molecular weight excluding hydrogens is 340 g/mol. The molecule has 0 N–H and O–H groups in total. The maximum Gasteiger partial charge on any atom is 0.259 e. The van der Waals surface area contributed by atoms with Crippen LogP contribution in [0.1, 0.15) is 34.6 Å². The van der Waals surface area contributed by atoms with Crippen molar-refractivity contribution in [3.8, 4) is 0 Å². The van der Waals surface area contributed by atoms with Gasteiger partial charge in [-0.05, 0) is 47.3 Å². The molecule has 1 rings (SSSR count). The van der Waals surface area contributed by atoms with Gasteiger partial charge in [0.05, 0.1) is 12.7 Å². The Kier molecular flexibility index (Phi) is 8.88. The van der Waals surface area contributed by atoms with Gasteiger partial charge in [0.1, 0.15) is 14.0 Å². The van der Waals surface area contributed by atoms with Crippen LogP contribution in [0.3, 0.4) is 0 Å². The highest BCUT2D eigenvalue weighted by Gasteiger charge is 2.43. The van der Waals surface area contributed by atoms with Gasteiger partial charge in [-0.3, -0.25) is 0 Å². The molecule has 0 spiro atoms. The monoisotopic (exact) mass is 375 g/mol. The summed E-state index contributed by atoms with van der Waals surface area (Å²) < 4.78 is 26.3. The summed E-state index contributed by atoms with van der Waals surface area (Å²) in [5.41, 5.74) is 0. The summed E-state index contributed by atoms with van der Waals surface area (Å²) in [6, 6.07) is 0.337. The van der Waals surface area contributed by atoms with E-state index in [0.717, 1.165) is 0 Å². The van der Waals surface area contributed by atoms with Crippen LogP contribution in [-0.2, 0) is 18.2 Å². The van der Waals surface area contributed by atoms with Gasteiger partial charge in [0, 0.05) is 31.1 Å². The molecule has 5 atom stereocenters. The van der Waals surface area contributed by atoms with Crippen LogP contribution >= 0.6 is 8.53 Å². The van der Waals surface area contributed by atoms with Crippen molar-refractivity contribution >= 4 is 24.7 Å². The average molecular weight is 375 g/mol. The fourth-order valence-corrected chi connectivity index (χ4v) is 5.17. The predicted octanol–water partition coefficient (Wildman–Crippen LogP) is 3.74. The smallest absolute Gasteiger partial charge is 0.259 e. The molecule has 0 aliphatic carbocycles. The predicted molar refractivity (Wildman–Crippen MR) is 104 cm³/mol. The first-order valence-electron chi connectivity index (χ1n) is 8.82. The third kappa shape index (κ3) is 6.35. The normalized spacial score (nSPS) is 29.8. The molecule has 1 heterocycles. The van der Waals surface area contributed by atoms with Gasteiger partial charge in [-0.2, -0.15) is 0 Å². The highest BCUT2D eigenvalue weighted by atomic mass is 31.2. The lowest BCUT2D eigenvalue weighted by Gasteiger charge is -2.37. The van der Waals surface area contributed by atoms with E-state index in [-0.39, 0.29) is 24.1 Å². The van der Waals surface area contributed by atoms with Crippen molar-refractivity contribution in [2.24, 2.45) is 5.92 Å². The molecule has 0 amide bonds. The fourth-order valence-electron chi connectivity index (χ4n) is 2.83. The summed E-state index contributed by atoms with van der Waals surface area (Å²) in [7, 11) is 5.04. The molecule has 2 unspecified atom stereocenters. The molecule has 2 radical (unpaired) electrons. The fraction of sp³-hybridized carbons (Fsp3) is 1.00. The summed E-state index contributed by atoms with van der Waals surface area (Å²) in [6.45, 7) is 17.7. The van der Waals surface area contributed by atoms with Gasteiger partial charge in [-0.25, -0.2) is 4.67 Å². The molecule has 0 saturated carbocycles. The standard InChI is InChI=1S/C16H35BNO4PSi/c1-11(2)18(12(3)4)23(19-6)22-15-13(5)16(17)21-14(15)10-20-24(7,8)9/h11-16H,10H2,1-9H3/t13?,14-,15-,16-,23?/m1/s1. The van der Waals surface area contributed by atoms with Crippen LogP contribution in [-0.4, -0.2) is 64.8 Å². The van der Waals surface area contributed by atoms with Gasteiger partial charge < -0.3 is 18.2 Å². The van der Waals surface area contributed by atoms with Gasteiger partial charge in [-0.1, -0.05) is 6.92 Å². The maximum absolute atomic E-state index is 6.40. The summed E-state index contributed by atoms with van der Waals surface area (Å²) in [5, 5.41) is 0. The zero-order valence-electron chi connectivity index (χ0n) is 16.8. The average Bonchev–Trinajstić information content (AvgIpc) is 2.70. The minimum Gasteiger partial charge on any atom is -0.415 e. The van der Waals surface area contributed by atoms with Crippen LogP contribution in [0.4, 0.5) is 0 Å². The van der Waals surface area contributed by atoms with E-state index in [1.54, 1.807) is 7.11 Å². The van der Waals surface area contributed by atoms with Crippen molar-refractivity contribution in [1.29, 1.82) is 0 Å². The van der Waals surface area contributed by atoms with Gasteiger partial charge in [0.25, 0.3) is 8.53 Å².